The van der Waals surface area contributed by atoms with Gasteiger partial charge in [-0.1, -0.05) is 12.1 Å². The number of non-ortho nitro benzene ring substituents is 1. The molecule has 1 atom stereocenters. The standard InChI is InChI=1S/C15H16N2O4/c1-10-3-4-11(2)16(10)14(9-15(18)19)12-5-7-13(8-6-12)17(20)21/h3-8,14H,9H2,1-2H3,(H,18,19). The molecule has 21 heavy (non-hydrogen) atoms. The number of rotatable bonds is 5. The molecular weight excluding hydrogens is 272 g/mol. The number of aromatic nitrogens is 1. The van der Waals surface area contributed by atoms with Crippen LogP contribution in [0.4, 0.5) is 5.69 Å². The average molecular weight is 288 g/mol. The Kier molecular flexibility index (Phi) is 4.07. The van der Waals surface area contributed by atoms with Crippen LogP contribution in [0.25, 0.3) is 0 Å². The lowest BCUT2D eigenvalue weighted by Gasteiger charge is -2.21. The van der Waals surface area contributed by atoms with Crippen LogP contribution >= 0.6 is 0 Å². The predicted octanol–water partition coefficient (Wildman–Crippen LogP) is 3.08. The zero-order chi connectivity index (χ0) is 15.6. The fraction of sp³-hybridized carbons (Fsp3) is 0.267. The summed E-state index contributed by atoms with van der Waals surface area (Å²) in [6, 6.07) is 9.51. The maximum absolute atomic E-state index is 11.2. The van der Waals surface area contributed by atoms with Crippen molar-refractivity contribution < 1.29 is 14.8 Å². The first kappa shape index (κ1) is 14.8. The third-order valence-electron chi connectivity index (χ3n) is 3.49. The van der Waals surface area contributed by atoms with Gasteiger partial charge in [-0.25, -0.2) is 0 Å². The Balaban J connectivity index is 2.45. The molecule has 0 saturated carbocycles. The first-order valence-electron chi connectivity index (χ1n) is 6.50. The highest BCUT2D eigenvalue weighted by atomic mass is 16.6. The summed E-state index contributed by atoms with van der Waals surface area (Å²) in [5.41, 5.74) is 2.65. The fourth-order valence-corrected chi connectivity index (χ4v) is 2.51. The van der Waals surface area contributed by atoms with Crippen molar-refractivity contribution in [3.05, 3.63) is 63.5 Å². The number of hydrogen-bond acceptors (Lipinski definition) is 3. The largest absolute Gasteiger partial charge is 0.481 e. The van der Waals surface area contributed by atoms with Gasteiger partial charge in [-0.05, 0) is 31.5 Å². The van der Waals surface area contributed by atoms with Crippen molar-refractivity contribution in [2.24, 2.45) is 0 Å². The number of carboxylic acids is 1. The first-order chi connectivity index (χ1) is 9.90. The number of nitro groups is 1. The van der Waals surface area contributed by atoms with Crippen LogP contribution < -0.4 is 0 Å². The van der Waals surface area contributed by atoms with Crippen molar-refractivity contribution in [2.45, 2.75) is 26.3 Å². The van der Waals surface area contributed by atoms with E-state index < -0.39 is 10.9 Å². The third kappa shape index (κ3) is 3.10. The number of carboxylic acid groups (broad SMARTS) is 1. The Morgan fingerprint density at radius 3 is 2.14 bits per heavy atom. The van der Waals surface area contributed by atoms with E-state index in [0.717, 1.165) is 17.0 Å². The lowest BCUT2D eigenvalue weighted by atomic mass is 10.0. The molecule has 0 fully saturated rings. The molecule has 0 aliphatic rings. The summed E-state index contributed by atoms with van der Waals surface area (Å²) in [7, 11) is 0. The van der Waals surface area contributed by atoms with Crippen LogP contribution in [-0.2, 0) is 4.79 Å². The lowest BCUT2D eigenvalue weighted by molar-refractivity contribution is -0.384. The summed E-state index contributed by atoms with van der Waals surface area (Å²) < 4.78 is 1.94. The van der Waals surface area contributed by atoms with Gasteiger partial charge in [0.1, 0.15) is 0 Å². The summed E-state index contributed by atoms with van der Waals surface area (Å²) in [5, 5.41) is 19.9. The van der Waals surface area contributed by atoms with Gasteiger partial charge in [-0.15, -0.1) is 0 Å². The van der Waals surface area contributed by atoms with Crippen LogP contribution in [0.1, 0.15) is 29.4 Å². The molecule has 2 rings (SSSR count). The van der Waals surface area contributed by atoms with E-state index in [1.54, 1.807) is 12.1 Å². The number of carbonyl (C=O) groups is 1. The van der Waals surface area contributed by atoms with Crippen LogP contribution in [0, 0.1) is 24.0 Å². The van der Waals surface area contributed by atoms with E-state index in [1.807, 2.05) is 30.5 Å². The molecule has 1 heterocycles. The number of nitrogens with zero attached hydrogens (tertiary/aromatic N) is 2. The van der Waals surface area contributed by atoms with Gasteiger partial charge < -0.3 is 9.67 Å². The van der Waals surface area contributed by atoms with E-state index in [2.05, 4.69) is 0 Å². The second-order valence-electron chi connectivity index (χ2n) is 4.95. The predicted molar refractivity (Wildman–Crippen MR) is 77.4 cm³/mol. The van der Waals surface area contributed by atoms with Crippen molar-refractivity contribution >= 4 is 11.7 Å². The molecule has 0 aliphatic carbocycles. The second-order valence-corrected chi connectivity index (χ2v) is 4.95. The Hall–Kier alpha value is -2.63. The van der Waals surface area contributed by atoms with Gasteiger partial charge in [0.2, 0.25) is 0 Å². The normalized spacial score (nSPS) is 12.1. The van der Waals surface area contributed by atoms with E-state index in [1.165, 1.54) is 12.1 Å². The maximum atomic E-state index is 11.2. The quantitative estimate of drug-likeness (QED) is 0.676. The Labute approximate surface area is 121 Å². The topological polar surface area (TPSA) is 85.4 Å². The minimum Gasteiger partial charge on any atom is -0.481 e. The van der Waals surface area contributed by atoms with Gasteiger partial charge in [0.25, 0.3) is 5.69 Å². The number of nitro benzene ring substituents is 1. The van der Waals surface area contributed by atoms with Gasteiger partial charge in [-0.3, -0.25) is 14.9 Å². The zero-order valence-electron chi connectivity index (χ0n) is 11.8. The highest BCUT2D eigenvalue weighted by Gasteiger charge is 2.20. The molecule has 2 aromatic rings. The Bertz CT molecular complexity index is 654. The van der Waals surface area contributed by atoms with E-state index in [9.17, 15) is 14.9 Å². The van der Waals surface area contributed by atoms with E-state index in [0.29, 0.717) is 0 Å². The lowest BCUT2D eigenvalue weighted by Crippen LogP contribution is -2.17. The molecule has 0 saturated heterocycles. The third-order valence-corrected chi connectivity index (χ3v) is 3.49. The van der Waals surface area contributed by atoms with Gasteiger partial charge in [0.05, 0.1) is 17.4 Å². The molecule has 6 nitrogen and oxygen atoms in total. The van der Waals surface area contributed by atoms with Crippen LogP contribution in [0.2, 0.25) is 0 Å². The molecule has 6 heteroatoms. The van der Waals surface area contributed by atoms with Crippen molar-refractivity contribution in [3.63, 3.8) is 0 Å². The zero-order valence-corrected chi connectivity index (χ0v) is 11.8. The molecule has 1 aromatic heterocycles. The van der Waals surface area contributed by atoms with E-state index in [4.69, 9.17) is 5.11 Å². The SMILES string of the molecule is Cc1ccc(C)n1C(CC(=O)O)c1ccc([N+](=O)[O-])cc1. The van der Waals surface area contributed by atoms with Gasteiger partial charge in [0.15, 0.2) is 0 Å². The number of aliphatic carboxylic acids is 1. The first-order valence-corrected chi connectivity index (χ1v) is 6.50. The maximum Gasteiger partial charge on any atom is 0.305 e. The summed E-state index contributed by atoms with van der Waals surface area (Å²) in [6.45, 7) is 3.82. The van der Waals surface area contributed by atoms with Crippen molar-refractivity contribution in [2.75, 3.05) is 0 Å². The number of hydrogen-bond donors (Lipinski definition) is 1. The van der Waals surface area contributed by atoms with E-state index in [-0.39, 0.29) is 18.2 Å². The van der Waals surface area contributed by atoms with Gasteiger partial charge in [0, 0.05) is 23.5 Å². The number of aryl methyl sites for hydroxylation is 2. The van der Waals surface area contributed by atoms with Crippen molar-refractivity contribution in [1.29, 1.82) is 0 Å². The molecule has 110 valence electrons. The molecule has 1 aromatic carbocycles. The smallest absolute Gasteiger partial charge is 0.305 e. The monoisotopic (exact) mass is 288 g/mol. The summed E-state index contributed by atoms with van der Waals surface area (Å²) >= 11 is 0. The summed E-state index contributed by atoms with van der Waals surface area (Å²) in [5.74, 6) is -0.911. The molecule has 0 aliphatic heterocycles. The minimum absolute atomic E-state index is 0.00576. The highest BCUT2D eigenvalue weighted by molar-refractivity contribution is 5.68. The average Bonchev–Trinajstić information content (AvgIpc) is 2.76. The molecular formula is C15H16N2O4. The molecule has 1 N–H and O–H groups in total. The molecule has 0 spiro atoms. The van der Waals surface area contributed by atoms with Crippen molar-refractivity contribution in [1.82, 2.24) is 4.57 Å². The molecule has 0 amide bonds. The van der Waals surface area contributed by atoms with Crippen LogP contribution in [0.3, 0.4) is 0 Å². The molecule has 1 unspecified atom stereocenters. The molecule has 0 radical (unpaired) electrons. The number of benzene rings is 1. The molecule has 0 bridgehead atoms. The van der Waals surface area contributed by atoms with E-state index >= 15 is 0 Å². The van der Waals surface area contributed by atoms with Crippen LogP contribution in [0.5, 0.6) is 0 Å². The summed E-state index contributed by atoms with van der Waals surface area (Å²) in [6.07, 6.45) is -0.0752. The fourth-order valence-electron chi connectivity index (χ4n) is 2.51. The second kappa shape index (κ2) is 5.78. The Morgan fingerprint density at radius 2 is 1.71 bits per heavy atom. The van der Waals surface area contributed by atoms with Crippen LogP contribution in [-0.4, -0.2) is 20.6 Å². The van der Waals surface area contributed by atoms with Gasteiger partial charge in [-0.2, -0.15) is 0 Å². The highest BCUT2D eigenvalue weighted by Crippen LogP contribution is 2.27. The van der Waals surface area contributed by atoms with Gasteiger partial charge >= 0.3 is 5.97 Å². The van der Waals surface area contributed by atoms with Crippen molar-refractivity contribution in [3.8, 4) is 0 Å². The summed E-state index contributed by atoms with van der Waals surface area (Å²) in [4.78, 5) is 21.4. The minimum atomic E-state index is -0.911. The Morgan fingerprint density at radius 1 is 1.19 bits per heavy atom. The van der Waals surface area contributed by atoms with Crippen LogP contribution in [0.15, 0.2) is 36.4 Å².